The van der Waals surface area contributed by atoms with Crippen molar-refractivity contribution in [3.8, 4) is 0 Å². The lowest BCUT2D eigenvalue weighted by atomic mass is 10.1. The van der Waals surface area contributed by atoms with Gasteiger partial charge in [-0.05, 0) is 37.2 Å². The van der Waals surface area contributed by atoms with Crippen LogP contribution in [0.15, 0.2) is 35.4 Å². The van der Waals surface area contributed by atoms with Crippen LogP contribution >= 0.6 is 0 Å². The zero-order chi connectivity index (χ0) is 17.0. The van der Waals surface area contributed by atoms with Gasteiger partial charge in [0.2, 0.25) is 0 Å². The van der Waals surface area contributed by atoms with Crippen LogP contribution in [-0.2, 0) is 16.1 Å². The second kappa shape index (κ2) is 11.2. The number of methoxy groups -OCH3 is 1. The maximum atomic E-state index is 5.73. The Balaban J connectivity index is 1.53. The minimum absolute atomic E-state index is 0.463. The van der Waals surface area contributed by atoms with Gasteiger partial charge < -0.3 is 9.47 Å². The highest BCUT2D eigenvalue weighted by Crippen LogP contribution is 2.18. The van der Waals surface area contributed by atoms with E-state index in [1.54, 1.807) is 7.11 Å². The number of unbranched alkanes of at least 4 members (excludes halogenated alkanes) is 1. The average molecular weight is 332 g/mol. The van der Waals surface area contributed by atoms with Gasteiger partial charge in [0.25, 0.3) is 0 Å². The van der Waals surface area contributed by atoms with E-state index >= 15 is 0 Å². The first-order valence-electron chi connectivity index (χ1n) is 9.21. The van der Waals surface area contributed by atoms with Crippen molar-refractivity contribution in [3.63, 3.8) is 0 Å². The van der Waals surface area contributed by atoms with Crippen molar-refractivity contribution < 1.29 is 9.47 Å². The van der Waals surface area contributed by atoms with E-state index in [-0.39, 0.29) is 0 Å². The number of rotatable bonds is 11. The molecule has 1 aliphatic heterocycles. The summed E-state index contributed by atoms with van der Waals surface area (Å²) in [6.45, 7) is 5.64. The first-order chi connectivity index (χ1) is 11.8. The minimum Gasteiger partial charge on any atom is -0.382 e. The molecule has 1 aromatic carbocycles. The summed E-state index contributed by atoms with van der Waals surface area (Å²) in [5.41, 5.74) is 1.24. The number of benzene rings is 1. The van der Waals surface area contributed by atoms with Gasteiger partial charge >= 0.3 is 0 Å². The van der Waals surface area contributed by atoms with E-state index in [1.165, 1.54) is 31.2 Å². The molecule has 0 amide bonds. The van der Waals surface area contributed by atoms with E-state index in [0.717, 1.165) is 26.2 Å². The first kappa shape index (κ1) is 18.9. The minimum atomic E-state index is 0.463. The van der Waals surface area contributed by atoms with Crippen molar-refractivity contribution in [1.82, 2.24) is 5.01 Å². The van der Waals surface area contributed by atoms with Gasteiger partial charge in [-0.1, -0.05) is 43.7 Å². The molecule has 0 saturated carbocycles. The standard InChI is InChI=1S/C20H32N2O2/c1-18(15-21-22-13-8-12-20(22)17-23-2)9-6-7-14-24-16-19-10-4-3-5-11-19/h3-5,10-11,15,18,20H,6-9,12-14,16-17H2,1-2H3/b21-15+/t18-,20-/m0/s1. The second-order valence-electron chi connectivity index (χ2n) is 6.69. The molecule has 4 heteroatoms. The van der Waals surface area contributed by atoms with Gasteiger partial charge in [0.1, 0.15) is 0 Å². The third kappa shape index (κ3) is 7.02. The number of hydrazone groups is 1. The lowest BCUT2D eigenvalue weighted by Crippen LogP contribution is -2.28. The summed E-state index contributed by atoms with van der Waals surface area (Å²) in [4.78, 5) is 0. The van der Waals surface area contributed by atoms with Gasteiger partial charge in [-0.25, -0.2) is 0 Å². The molecule has 4 nitrogen and oxygen atoms in total. The molecule has 1 saturated heterocycles. The van der Waals surface area contributed by atoms with E-state index in [2.05, 4.69) is 47.5 Å². The van der Waals surface area contributed by atoms with E-state index in [1.807, 2.05) is 6.07 Å². The van der Waals surface area contributed by atoms with Crippen LogP contribution in [-0.4, -0.2) is 44.1 Å². The number of ether oxygens (including phenoxy) is 2. The molecule has 0 bridgehead atoms. The SMILES string of the molecule is COC[C@@H]1CCCN1/N=C/[C@@H](C)CCCCOCc1ccccc1. The van der Waals surface area contributed by atoms with Crippen LogP contribution in [0.3, 0.4) is 0 Å². The van der Waals surface area contributed by atoms with Gasteiger partial charge in [0.05, 0.1) is 19.3 Å². The maximum Gasteiger partial charge on any atom is 0.0716 e. The lowest BCUT2D eigenvalue weighted by Gasteiger charge is -2.21. The molecule has 1 heterocycles. The molecule has 1 aromatic rings. The zero-order valence-electron chi connectivity index (χ0n) is 15.2. The van der Waals surface area contributed by atoms with Crippen LogP contribution in [0.1, 0.15) is 44.6 Å². The maximum absolute atomic E-state index is 5.73. The predicted octanol–water partition coefficient (Wildman–Crippen LogP) is 4.11. The monoisotopic (exact) mass is 332 g/mol. The highest BCUT2D eigenvalue weighted by Gasteiger charge is 2.22. The summed E-state index contributed by atoms with van der Waals surface area (Å²) in [5, 5.41) is 6.87. The molecule has 0 radical (unpaired) electrons. The number of nitrogens with zero attached hydrogens (tertiary/aromatic N) is 2. The molecule has 24 heavy (non-hydrogen) atoms. The molecule has 134 valence electrons. The number of hydrogen-bond donors (Lipinski definition) is 0. The molecule has 2 rings (SSSR count). The molecule has 0 spiro atoms. The Morgan fingerprint density at radius 3 is 2.92 bits per heavy atom. The Morgan fingerprint density at radius 1 is 1.29 bits per heavy atom. The molecule has 0 unspecified atom stereocenters. The summed E-state index contributed by atoms with van der Waals surface area (Å²) in [6, 6.07) is 10.8. The Kier molecular flexibility index (Phi) is 8.85. The third-order valence-corrected chi connectivity index (χ3v) is 4.48. The Morgan fingerprint density at radius 2 is 2.12 bits per heavy atom. The van der Waals surface area contributed by atoms with E-state index < -0.39 is 0 Å². The predicted molar refractivity (Wildman–Crippen MR) is 99.2 cm³/mol. The van der Waals surface area contributed by atoms with Crippen LogP contribution in [0.5, 0.6) is 0 Å². The summed E-state index contributed by atoms with van der Waals surface area (Å²) >= 11 is 0. The largest absolute Gasteiger partial charge is 0.382 e. The Labute approximate surface area is 146 Å². The van der Waals surface area contributed by atoms with E-state index in [4.69, 9.17) is 9.47 Å². The van der Waals surface area contributed by atoms with Gasteiger partial charge in [-0.2, -0.15) is 5.10 Å². The van der Waals surface area contributed by atoms with Crippen LogP contribution in [0.2, 0.25) is 0 Å². The Hall–Kier alpha value is -1.39. The van der Waals surface area contributed by atoms with E-state index in [9.17, 15) is 0 Å². The fourth-order valence-corrected chi connectivity index (χ4v) is 3.04. The fourth-order valence-electron chi connectivity index (χ4n) is 3.04. The molecule has 1 fully saturated rings. The summed E-state index contributed by atoms with van der Waals surface area (Å²) in [5.74, 6) is 0.517. The fraction of sp³-hybridized carbons (Fsp3) is 0.650. The molecule has 0 aromatic heterocycles. The van der Waals surface area contributed by atoms with Crippen LogP contribution in [0, 0.1) is 5.92 Å². The topological polar surface area (TPSA) is 34.1 Å². The van der Waals surface area contributed by atoms with Crippen molar-refractivity contribution in [1.29, 1.82) is 0 Å². The van der Waals surface area contributed by atoms with Crippen LogP contribution in [0.25, 0.3) is 0 Å². The van der Waals surface area contributed by atoms with Crippen molar-refractivity contribution >= 4 is 6.21 Å². The average Bonchev–Trinajstić information content (AvgIpc) is 3.04. The summed E-state index contributed by atoms with van der Waals surface area (Å²) < 4.78 is 11.0. The van der Waals surface area contributed by atoms with Crippen molar-refractivity contribution in [2.24, 2.45) is 11.0 Å². The molecular weight excluding hydrogens is 300 g/mol. The molecular formula is C20H32N2O2. The smallest absolute Gasteiger partial charge is 0.0716 e. The number of hydrogen-bond acceptors (Lipinski definition) is 4. The van der Waals surface area contributed by atoms with Gasteiger partial charge in [0.15, 0.2) is 0 Å². The molecule has 1 aliphatic rings. The normalized spacial score (nSPS) is 19.2. The van der Waals surface area contributed by atoms with E-state index in [0.29, 0.717) is 18.6 Å². The first-order valence-corrected chi connectivity index (χ1v) is 9.21. The molecule has 2 atom stereocenters. The third-order valence-electron chi connectivity index (χ3n) is 4.48. The zero-order valence-corrected chi connectivity index (χ0v) is 15.2. The Bertz CT molecular complexity index is 464. The molecule has 0 aliphatic carbocycles. The quantitative estimate of drug-likeness (QED) is 0.452. The summed E-state index contributed by atoms with van der Waals surface area (Å²) in [7, 11) is 1.77. The van der Waals surface area contributed by atoms with Crippen molar-refractivity contribution in [2.75, 3.05) is 26.9 Å². The highest BCUT2D eigenvalue weighted by molar-refractivity contribution is 5.59. The van der Waals surface area contributed by atoms with Crippen molar-refractivity contribution in [2.45, 2.75) is 51.7 Å². The van der Waals surface area contributed by atoms with Crippen LogP contribution < -0.4 is 0 Å². The van der Waals surface area contributed by atoms with Crippen molar-refractivity contribution in [3.05, 3.63) is 35.9 Å². The lowest BCUT2D eigenvalue weighted by molar-refractivity contribution is 0.116. The van der Waals surface area contributed by atoms with Gasteiger partial charge in [-0.15, -0.1) is 0 Å². The molecule has 0 N–H and O–H groups in total. The highest BCUT2D eigenvalue weighted by atomic mass is 16.5. The van der Waals surface area contributed by atoms with Gasteiger partial charge in [0, 0.05) is 26.5 Å². The summed E-state index contributed by atoms with van der Waals surface area (Å²) in [6.07, 6.45) is 7.99. The van der Waals surface area contributed by atoms with Crippen LogP contribution in [0.4, 0.5) is 0 Å². The van der Waals surface area contributed by atoms with Gasteiger partial charge in [-0.3, -0.25) is 5.01 Å². The second-order valence-corrected chi connectivity index (χ2v) is 6.69.